The first kappa shape index (κ1) is 13.9. The molecule has 2 rings (SSSR count). The standard InChI is InChI=1S/C18H25N/c1-4-6-15(3)19-18-11-9-16(10-12-18)13-17-8-5-7-14(17)2/h9-12,17,19H,2-8,13H2,1H3. The quantitative estimate of drug-likeness (QED) is 0.679. The first-order chi connectivity index (χ1) is 9.19. The lowest BCUT2D eigenvalue weighted by molar-refractivity contribution is 0.625. The minimum Gasteiger partial charge on any atom is -0.359 e. The van der Waals surface area contributed by atoms with Crippen molar-refractivity contribution < 1.29 is 0 Å². The normalized spacial score (nSPS) is 18.6. The summed E-state index contributed by atoms with van der Waals surface area (Å²) < 4.78 is 0. The van der Waals surface area contributed by atoms with Crippen LogP contribution in [0.25, 0.3) is 0 Å². The fraction of sp³-hybridized carbons (Fsp3) is 0.444. The molecule has 0 bridgehead atoms. The number of allylic oxidation sites excluding steroid dienone is 2. The fourth-order valence-corrected chi connectivity index (χ4v) is 2.81. The Hall–Kier alpha value is -1.50. The van der Waals surface area contributed by atoms with Gasteiger partial charge in [0.15, 0.2) is 0 Å². The van der Waals surface area contributed by atoms with Crippen LogP contribution in [0.1, 0.15) is 44.6 Å². The van der Waals surface area contributed by atoms with Crippen LogP contribution in [-0.4, -0.2) is 0 Å². The van der Waals surface area contributed by atoms with Gasteiger partial charge in [-0.25, -0.2) is 0 Å². The molecule has 1 aromatic rings. The summed E-state index contributed by atoms with van der Waals surface area (Å²) in [6.07, 6.45) is 7.17. The lowest BCUT2D eigenvalue weighted by Gasteiger charge is -2.12. The van der Waals surface area contributed by atoms with Gasteiger partial charge in [-0.2, -0.15) is 0 Å². The second-order valence-corrected chi connectivity index (χ2v) is 5.63. The van der Waals surface area contributed by atoms with E-state index in [4.69, 9.17) is 0 Å². The Morgan fingerprint density at radius 3 is 2.63 bits per heavy atom. The van der Waals surface area contributed by atoms with Crippen molar-refractivity contribution in [1.29, 1.82) is 0 Å². The van der Waals surface area contributed by atoms with Crippen molar-refractivity contribution in [2.75, 3.05) is 5.32 Å². The van der Waals surface area contributed by atoms with Crippen LogP contribution < -0.4 is 5.32 Å². The van der Waals surface area contributed by atoms with E-state index in [1.54, 1.807) is 0 Å². The van der Waals surface area contributed by atoms with Crippen molar-refractivity contribution in [3.05, 3.63) is 54.3 Å². The lowest BCUT2D eigenvalue weighted by atomic mass is 9.95. The summed E-state index contributed by atoms with van der Waals surface area (Å²) >= 11 is 0. The maximum absolute atomic E-state index is 4.19. The highest BCUT2D eigenvalue weighted by Gasteiger charge is 2.19. The van der Waals surface area contributed by atoms with E-state index in [1.165, 1.54) is 30.4 Å². The molecule has 1 N–H and O–H groups in total. The molecule has 1 saturated carbocycles. The Kier molecular flexibility index (Phi) is 4.84. The molecule has 19 heavy (non-hydrogen) atoms. The van der Waals surface area contributed by atoms with Gasteiger partial charge < -0.3 is 5.32 Å². The van der Waals surface area contributed by atoms with Crippen molar-refractivity contribution in [2.24, 2.45) is 5.92 Å². The minimum atomic E-state index is 0.703. The zero-order valence-electron chi connectivity index (χ0n) is 12.0. The van der Waals surface area contributed by atoms with Gasteiger partial charge in [-0.1, -0.05) is 44.2 Å². The van der Waals surface area contributed by atoms with Gasteiger partial charge in [-0.15, -0.1) is 0 Å². The van der Waals surface area contributed by atoms with Crippen LogP contribution in [0.15, 0.2) is 48.7 Å². The van der Waals surface area contributed by atoms with Gasteiger partial charge in [0.2, 0.25) is 0 Å². The van der Waals surface area contributed by atoms with Crippen LogP contribution in [0.3, 0.4) is 0 Å². The van der Waals surface area contributed by atoms with Crippen molar-refractivity contribution in [3.8, 4) is 0 Å². The van der Waals surface area contributed by atoms with E-state index in [-0.39, 0.29) is 0 Å². The largest absolute Gasteiger partial charge is 0.359 e. The molecule has 1 atom stereocenters. The molecule has 1 heteroatoms. The molecule has 1 fully saturated rings. The molecule has 1 aromatic carbocycles. The number of hydrogen-bond donors (Lipinski definition) is 1. The highest BCUT2D eigenvalue weighted by molar-refractivity contribution is 5.48. The first-order valence-electron chi connectivity index (χ1n) is 7.40. The average molecular weight is 255 g/mol. The summed E-state index contributed by atoms with van der Waals surface area (Å²) in [6, 6.07) is 8.78. The number of benzene rings is 1. The van der Waals surface area contributed by atoms with Crippen LogP contribution >= 0.6 is 0 Å². The molecule has 1 unspecified atom stereocenters. The Labute approximate surface area is 117 Å². The number of hydrogen-bond acceptors (Lipinski definition) is 1. The van der Waals surface area contributed by atoms with E-state index in [0.717, 1.165) is 30.6 Å². The van der Waals surface area contributed by atoms with Crippen LogP contribution in [0.5, 0.6) is 0 Å². The minimum absolute atomic E-state index is 0.703. The van der Waals surface area contributed by atoms with Gasteiger partial charge >= 0.3 is 0 Å². The Morgan fingerprint density at radius 2 is 2.05 bits per heavy atom. The van der Waals surface area contributed by atoms with Gasteiger partial charge in [-0.05, 0) is 55.7 Å². The second-order valence-electron chi connectivity index (χ2n) is 5.63. The van der Waals surface area contributed by atoms with Crippen LogP contribution in [-0.2, 0) is 6.42 Å². The van der Waals surface area contributed by atoms with Crippen molar-refractivity contribution in [2.45, 2.75) is 45.4 Å². The van der Waals surface area contributed by atoms with Crippen molar-refractivity contribution in [3.63, 3.8) is 0 Å². The van der Waals surface area contributed by atoms with E-state index in [2.05, 4.69) is 49.7 Å². The smallest absolute Gasteiger partial charge is 0.0381 e. The van der Waals surface area contributed by atoms with Gasteiger partial charge in [-0.3, -0.25) is 0 Å². The lowest BCUT2D eigenvalue weighted by Crippen LogP contribution is -2.01. The number of anilines is 1. The Morgan fingerprint density at radius 1 is 1.32 bits per heavy atom. The van der Waals surface area contributed by atoms with Gasteiger partial charge in [0.1, 0.15) is 0 Å². The highest BCUT2D eigenvalue weighted by atomic mass is 14.9. The van der Waals surface area contributed by atoms with E-state index in [0.29, 0.717) is 5.92 Å². The van der Waals surface area contributed by atoms with Crippen LogP contribution in [0.2, 0.25) is 0 Å². The predicted molar refractivity (Wildman–Crippen MR) is 84.3 cm³/mol. The number of nitrogens with one attached hydrogen (secondary N) is 1. The molecule has 0 amide bonds. The first-order valence-corrected chi connectivity index (χ1v) is 7.40. The van der Waals surface area contributed by atoms with Crippen LogP contribution in [0.4, 0.5) is 5.69 Å². The highest BCUT2D eigenvalue weighted by Crippen LogP contribution is 2.32. The zero-order chi connectivity index (χ0) is 13.7. The summed E-state index contributed by atoms with van der Waals surface area (Å²) in [6.45, 7) is 10.4. The Bertz CT molecular complexity index is 441. The monoisotopic (exact) mass is 255 g/mol. The van der Waals surface area contributed by atoms with Crippen LogP contribution in [0, 0.1) is 5.92 Å². The summed E-state index contributed by atoms with van der Waals surface area (Å²) in [5.41, 5.74) is 5.10. The molecule has 102 valence electrons. The van der Waals surface area contributed by atoms with E-state index in [1.807, 2.05) is 0 Å². The summed E-state index contributed by atoms with van der Waals surface area (Å²) in [5, 5.41) is 3.36. The molecule has 1 aliphatic rings. The molecule has 0 saturated heterocycles. The zero-order valence-corrected chi connectivity index (χ0v) is 12.0. The maximum atomic E-state index is 4.19. The molecule has 0 spiro atoms. The summed E-state index contributed by atoms with van der Waals surface area (Å²) in [4.78, 5) is 0. The second kappa shape index (κ2) is 6.60. The van der Waals surface area contributed by atoms with E-state index < -0.39 is 0 Å². The van der Waals surface area contributed by atoms with E-state index in [9.17, 15) is 0 Å². The Balaban J connectivity index is 1.91. The third-order valence-corrected chi connectivity index (χ3v) is 3.94. The fourth-order valence-electron chi connectivity index (χ4n) is 2.81. The average Bonchev–Trinajstić information content (AvgIpc) is 2.78. The number of rotatable bonds is 6. The third kappa shape index (κ3) is 3.99. The van der Waals surface area contributed by atoms with Gasteiger partial charge in [0.05, 0.1) is 0 Å². The molecular weight excluding hydrogens is 230 g/mol. The molecule has 0 aromatic heterocycles. The predicted octanol–water partition coefficient (Wildman–Crippen LogP) is 5.31. The topological polar surface area (TPSA) is 12.0 Å². The molecule has 1 aliphatic carbocycles. The van der Waals surface area contributed by atoms with Gasteiger partial charge in [0.25, 0.3) is 0 Å². The molecule has 0 radical (unpaired) electrons. The van der Waals surface area contributed by atoms with Crippen molar-refractivity contribution in [1.82, 2.24) is 0 Å². The summed E-state index contributed by atoms with van der Waals surface area (Å²) in [7, 11) is 0. The van der Waals surface area contributed by atoms with Crippen molar-refractivity contribution >= 4 is 5.69 Å². The molecule has 1 nitrogen and oxygen atoms in total. The third-order valence-electron chi connectivity index (χ3n) is 3.94. The maximum Gasteiger partial charge on any atom is 0.0381 e. The van der Waals surface area contributed by atoms with Gasteiger partial charge in [0, 0.05) is 11.4 Å². The molecular formula is C18H25N. The SMILES string of the molecule is C=C(CCC)Nc1ccc(CC2CCCC2=C)cc1. The molecule has 0 aliphatic heterocycles. The summed E-state index contributed by atoms with van der Waals surface area (Å²) in [5.74, 6) is 0.703. The molecule has 0 heterocycles. The van der Waals surface area contributed by atoms with E-state index >= 15 is 0 Å².